The van der Waals surface area contributed by atoms with Crippen LogP contribution >= 0.6 is 0 Å². The molecule has 2 heterocycles. The van der Waals surface area contributed by atoms with E-state index in [0.717, 1.165) is 29.4 Å². The first kappa shape index (κ1) is 12.7. The minimum atomic E-state index is -0.823. The second-order valence-electron chi connectivity index (χ2n) is 5.10. The molecular formula is C15H17N3O2. The number of amides is 1. The quantitative estimate of drug-likeness (QED) is 0.881. The summed E-state index contributed by atoms with van der Waals surface area (Å²) in [4.78, 5) is 16.8. The van der Waals surface area contributed by atoms with Crippen molar-refractivity contribution in [3.8, 4) is 0 Å². The van der Waals surface area contributed by atoms with Gasteiger partial charge in [0, 0.05) is 24.5 Å². The molecule has 3 rings (SSSR count). The van der Waals surface area contributed by atoms with Gasteiger partial charge in [0.25, 0.3) is 0 Å². The number of rotatable bonds is 2. The lowest BCUT2D eigenvalue weighted by atomic mass is 10.1. The highest BCUT2D eigenvalue weighted by Gasteiger charge is 2.21. The lowest BCUT2D eigenvalue weighted by molar-refractivity contribution is 0.134. The standard InChI is InChI=1S/C15H17N3O2/c19-15(20)18-7-5-12(6-8-18)17-13-9-11-3-1-2-4-14(11)16-10-13/h1-4,9-10,12,17H,5-8H2,(H,19,20). The van der Waals surface area contributed by atoms with Crippen molar-refractivity contribution >= 4 is 22.7 Å². The second kappa shape index (κ2) is 5.36. The molecule has 0 atom stereocenters. The molecule has 1 amide bonds. The van der Waals surface area contributed by atoms with Crippen molar-refractivity contribution < 1.29 is 9.90 Å². The maximum Gasteiger partial charge on any atom is 0.407 e. The van der Waals surface area contributed by atoms with Crippen LogP contribution < -0.4 is 5.32 Å². The zero-order valence-corrected chi connectivity index (χ0v) is 11.1. The second-order valence-corrected chi connectivity index (χ2v) is 5.10. The van der Waals surface area contributed by atoms with E-state index in [0.29, 0.717) is 19.1 Å². The number of fused-ring (bicyclic) bond motifs is 1. The Balaban J connectivity index is 1.66. The van der Waals surface area contributed by atoms with Crippen LogP contribution in [0.25, 0.3) is 10.9 Å². The molecule has 2 N–H and O–H groups in total. The van der Waals surface area contributed by atoms with Gasteiger partial charge < -0.3 is 15.3 Å². The minimum Gasteiger partial charge on any atom is -0.465 e. The summed E-state index contributed by atoms with van der Waals surface area (Å²) in [7, 11) is 0. The SMILES string of the molecule is O=C(O)N1CCC(Nc2cnc3ccccc3c2)CC1. The predicted octanol–water partition coefficient (Wildman–Crippen LogP) is 2.79. The number of anilines is 1. The number of pyridine rings is 1. The molecule has 1 aromatic carbocycles. The summed E-state index contributed by atoms with van der Waals surface area (Å²) in [5.74, 6) is 0. The van der Waals surface area contributed by atoms with E-state index in [1.54, 1.807) is 0 Å². The number of benzene rings is 1. The Labute approximate surface area is 117 Å². The van der Waals surface area contributed by atoms with Gasteiger partial charge in [0.05, 0.1) is 17.4 Å². The fourth-order valence-corrected chi connectivity index (χ4v) is 2.60. The maximum absolute atomic E-state index is 10.9. The Kier molecular flexibility index (Phi) is 3.41. The first-order valence-electron chi connectivity index (χ1n) is 6.81. The normalized spacial score (nSPS) is 16.3. The van der Waals surface area contributed by atoms with Crippen LogP contribution in [0.5, 0.6) is 0 Å². The maximum atomic E-state index is 10.9. The first-order chi connectivity index (χ1) is 9.72. The Hall–Kier alpha value is -2.30. The number of carboxylic acid groups (broad SMARTS) is 1. The molecule has 20 heavy (non-hydrogen) atoms. The number of piperidine rings is 1. The summed E-state index contributed by atoms with van der Waals surface area (Å²) in [5, 5.41) is 13.5. The molecule has 0 aliphatic carbocycles. The summed E-state index contributed by atoms with van der Waals surface area (Å²) in [5.41, 5.74) is 1.98. The Morgan fingerprint density at radius 3 is 2.80 bits per heavy atom. The van der Waals surface area contributed by atoms with Crippen molar-refractivity contribution in [2.45, 2.75) is 18.9 Å². The fourth-order valence-electron chi connectivity index (χ4n) is 2.60. The third-order valence-corrected chi connectivity index (χ3v) is 3.73. The summed E-state index contributed by atoms with van der Waals surface area (Å²) in [6.07, 6.45) is 2.68. The topological polar surface area (TPSA) is 65.5 Å². The zero-order chi connectivity index (χ0) is 13.9. The van der Waals surface area contributed by atoms with Gasteiger partial charge in [-0.3, -0.25) is 4.98 Å². The van der Waals surface area contributed by atoms with E-state index in [-0.39, 0.29) is 0 Å². The highest BCUT2D eigenvalue weighted by atomic mass is 16.4. The van der Waals surface area contributed by atoms with Crippen LogP contribution in [0.3, 0.4) is 0 Å². The van der Waals surface area contributed by atoms with Crippen molar-refractivity contribution in [2.24, 2.45) is 0 Å². The molecule has 104 valence electrons. The number of likely N-dealkylation sites (tertiary alicyclic amines) is 1. The highest BCUT2D eigenvalue weighted by molar-refractivity contribution is 5.81. The number of para-hydroxylation sites is 1. The molecule has 5 heteroatoms. The van der Waals surface area contributed by atoms with Crippen molar-refractivity contribution in [1.29, 1.82) is 0 Å². The van der Waals surface area contributed by atoms with Crippen LogP contribution in [-0.4, -0.2) is 40.2 Å². The minimum absolute atomic E-state index is 0.313. The summed E-state index contributed by atoms with van der Waals surface area (Å²) in [6, 6.07) is 10.4. The van der Waals surface area contributed by atoms with Gasteiger partial charge in [-0.2, -0.15) is 0 Å². The number of nitrogens with zero attached hydrogens (tertiary/aromatic N) is 2. The Morgan fingerprint density at radius 1 is 1.30 bits per heavy atom. The number of carbonyl (C=O) groups is 1. The smallest absolute Gasteiger partial charge is 0.407 e. The van der Waals surface area contributed by atoms with Crippen LogP contribution in [0.1, 0.15) is 12.8 Å². The fraction of sp³-hybridized carbons (Fsp3) is 0.333. The van der Waals surface area contributed by atoms with Gasteiger partial charge in [-0.05, 0) is 25.0 Å². The van der Waals surface area contributed by atoms with Crippen LogP contribution in [0.2, 0.25) is 0 Å². The predicted molar refractivity (Wildman–Crippen MR) is 78.0 cm³/mol. The largest absolute Gasteiger partial charge is 0.465 e. The number of hydrogen-bond donors (Lipinski definition) is 2. The zero-order valence-electron chi connectivity index (χ0n) is 11.1. The van der Waals surface area contributed by atoms with E-state index in [1.165, 1.54) is 4.90 Å². The first-order valence-corrected chi connectivity index (χ1v) is 6.81. The molecular weight excluding hydrogens is 254 g/mol. The molecule has 0 radical (unpaired) electrons. The van der Waals surface area contributed by atoms with Crippen LogP contribution in [0.15, 0.2) is 36.5 Å². The molecule has 0 saturated carbocycles. The van der Waals surface area contributed by atoms with E-state index in [4.69, 9.17) is 5.11 Å². The van der Waals surface area contributed by atoms with E-state index < -0.39 is 6.09 Å². The van der Waals surface area contributed by atoms with Gasteiger partial charge in [-0.25, -0.2) is 4.79 Å². The van der Waals surface area contributed by atoms with Crippen molar-refractivity contribution in [3.63, 3.8) is 0 Å². The van der Waals surface area contributed by atoms with E-state index >= 15 is 0 Å². The van der Waals surface area contributed by atoms with Gasteiger partial charge >= 0.3 is 6.09 Å². The molecule has 5 nitrogen and oxygen atoms in total. The van der Waals surface area contributed by atoms with Crippen molar-refractivity contribution in [2.75, 3.05) is 18.4 Å². The van der Waals surface area contributed by atoms with Gasteiger partial charge in [0.15, 0.2) is 0 Å². The van der Waals surface area contributed by atoms with Gasteiger partial charge in [0.1, 0.15) is 0 Å². The lowest BCUT2D eigenvalue weighted by Crippen LogP contribution is -2.41. The molecule has 1 aromatic heterocycles. The number of nitrogens with one attached hydrogen (secondary N) is 1. The third kappa shape index (κ3) is 2.66. The summed E-state index contributed by atoms with van der Waals surface area (Å²) >= 11 is 0. The lowest BCUT2D eigenvalue weighted by Gasteiger charge is -2.31. The van der Waals surface area contributed by atoms with Crippen LogP contribution in [-0.2, 0) is 0 Å². The molecule has 0 unspecified atom stereocenters. The summed E-state index contributed by atoms with van der Waals surface area (Å²) in [6.45, 7) is 1.18. The molecule has 2 aromatic rings. The number of aromatic nitrogens is 1. The van der Waals surface area contributed by atoms with Crippen LogP contribution in [0, 0.1) is 0 Å². The molecule has 0 bridgehead atoms. The average molecular weight is 271 g/mol. The Bertz CT molecular complexity index is 621. The number of hydrogen-bond acceptors (Lipinski definition) is 3. The van der Waals surface area contributed by atoms with E-state index in [9.17, 15) is 4.79 Å². The van der Waals surface area contributed by atoms with Crippen LogP contribution in [0.4, 0.5) is 10.5 Å². The van der Waals surface area contributed by atoms with Gasteiger partial charge in [-0.15, -0.1) is 0 Å². The monoisotopic (exact) mass is 271 g/mol. The van der Waals surface area contributed by atoms with Crippen molar-refractivity contribution in [3.05, 3.63) is 36.5 Å². The molecule has 0 spiro atoms. The van der Waals surface area contributed by atoms with Crippen molar-refractivity contribution in [1.82, 2.24) is 9.88 Å². The van der Waals surface area contributed by atoms with E-state index in [2.05, 4.69) is 16.4 Å². The third-order valence-electron chi connectivity index (χ3n) is 3.73. The van der Waals surface area contributed by atoms with E-state index in [1.807, 2.05) is 30.5 Å². The highest BCUT2D eigenvalue weighted by Crippen LogP contribution is 2.20. The average Bonchev–Trinajstić information content (AvgIpc) is 2.48. The molecule has 1 aliphatic rings. The summed E-state index contributed by atoms with van der Waals surface area (Å²) < 4.78 is 0. The molecule has 1 aliphatic heterocycles. The molecule has 1 saturated heterocycles. The van der Waals surface area contributed by atoms with Gasteiger partial charge in [-0.1, -0.05) is 18.2 Å². The Morgan fingerprint density at radius 2 is 2.05 bits per heavy atom. The molecule has 1 fully saturated rings. The van der Waals surface area contributed by atoms with Gasteiger partial charge in [0.2, 0.25) is 0 Å².